The second-order valence-corrected chi connectivity index (χ2v) is 12.3. The van der Waals surface area contributed by atoms with Crippen molar-refractivity contribution in [3.8, 4) is 5.75 Å². The van der Waals surface area contributed by atoms with Gasteiger partial charge < -0.3 is 19.4 Å². The van der Waals surface area contributed by atoms with Gasteiger partial charge in [0.05, 0.1) is 12.6 Å². The topological polar surface area (TPSA) is 113 Å². The fourth-order valence-corrected chi connectivity index (χ4v) is 7.03. The number of piperidine rings is 2. The molecule has 0 unspecified atom stereocenters. The Bertz CT molecular complexity index is 1450. The lowest BCUT2D eigenvalue weighted by molar-refractivity contribution is -0.193. The third-order valence-corrected chi connectivity index (χ3v) is 9.36. The minimum absolute atomic E-state index is 0.250. The summed E-state index contributed by atoms with van der Waals surface area (Å²) in [6.07, 6.45) is 10.2. The first-order chi connectivity index (χ1) is 22.5. The molecule has 0 N–H and O–H groups in total. The predicted molar refractivity (Wildman–Crippen MR) is 176 cm³/mol. The zero-order chi connectivity index (χ0) is 32.9. The third kappa shape index (κ3) is 8.79. The molecule has 1 aromatic heterocycles. The summed E-state index contributed by atoms with van der Waals surface area (Å²) in [6, 6.07) is 16.2. The lowest BCUT2D eigenvalue weighted by atomic mass is 9.88. The van der Waals surface area contributed by atoms with Crippen molar-refractivity contribution in [2.45, 2.75) is 83.1 Å². The van der Waals surface area contributed by atoms with Crippen LogP contribution in [0.1, 0.15) is 88.4 Å². The van der Waals surface area contributed by atoms with Crippen molar-refractivity contribution in [3.05, 3.63) is 53.9 Å². The van der Waals surface area contributed by atoms with E-state index in [9.17, 15) is 0 Å². The molecule has 3 fully saturated rings. The average molecular weight is 630 g/mol. The summed E-state index contributed by atoms with van der Waals surface area (Å²) < 4.78 is 5.69. The number of benzene rings is 2. The van der Waals surface area contributed by atoms with E-state index in [1.54, 1.807) is 7.11 Å². The van der Waals surface area contributed by atoms with Gasteiger partial charge in [0.15, 0.2) is 0 Å². The number of anilines is 2. The van der Waals surface area contributed by atoms with Crippen molar-refractivity contribution in [1.82, 2.24) is 14.9 Å². The molecule has 1 saturated carbocycles. The van der Waals surface area contributed by atoms with E-state index < -0.39 is 0 Å². The van der Waals surface area contributed by atoms with E-state index in [-0.39, 0.29) is 12.3 Å². The summed E-state index contributed by atoms with van der Waals surface area (Å²) in [5, 5.41) is 1.22. The third-order valence-electron chi connectivity index (χ3n) is 9.36. The van der Waals surface area contributed by atoms with E-state index in [1.807, 2.05) is 0 Å². The van der Waals surface area contributed by atoms with Crippen LogP contribution in [0.25, 0.3) is 10.9 Å². The first kappa shape index (κ1) is 34.8. The fraction of sp³-hybridized carbons (Fsp3) is 0.556. The van der Waals surface area contributed by atoms with Gasteiger partial charge in [-0.15, -0.1) is 0 Å². The molecule has 0 radical (unpaired) electrons. The lowest BCUT2D eigenvalue weighted by Gasteiger charge is -2.39. The van der Waals surface area contributed by atoms with E-state index in [0.717, 1.165) is 68.0 Å². The number of carbonyl (C=O) groups excluding carboxylic acids is 4. The molecule has 3 aromatic rings. The lowest BCUT2D eigenvalue weighted by Crippen LogP contribution is -2.45. The standard InChI is InChI=1S/C34H47N5O.2CO2/c1-4-18-37(19-5-2)27-16-22-38(23-17-27)28-12-13-31-30(24-28)34(36-33(35-31)26-10-11-26)39-20-14-25(15-21-39)29-8-6-7-9-32(29)40-3;2*2-1-3/h6-9,12-13,24-27H,4-5,10-11,14-23H2,1-3H3;;. The molecule has 2 aromatic carbocycles. The van der Waals surface area contributed by atoms with Crippen molar-refractivity contribution in [2.24, 2.45) is 0 Å². The van der Waals surface area contributed by atoms with Gasteiger partial charge in [-0.05, 0) is 100 Å². The molecule has 246 valence electrons. The van der Waals surface area contributed by atoms with Crippen LogP contribution in [0.15, 0.2) is 42.5 Å². The minimum Gasteiger partial charge on any atom is -0.496 e. The Morgan fingerprint density at radius 2 is 1.39 bits per heavy atom. The summed E-state index contributed by atoms with van der Waals surface area (Å²) in [6.45, 7) is 11.4. The second-order valence-electron chi connectivity index (χ2n) is 12.3. The zero-order valence-electron chi connectivity index (χ0n) is 27.5. The van der Waals surface area contributed by atoms with Crippen molar-refractivity contribution in [2.75, 3.05) is 56.2 Å². The maximum absolute atomic E-state index is 8.12. The van der Waals surface area contributed by atoms with Gasteiger partial charge in [0, 0.05) is 49.2 Å². The van der Waals surface area contributed by atoms with Crippen LogP contribution in [-0.4, -0.2) is 79.6 Å². The van der Waals surface area contributed by atoms with E-state index >= 15 is 0 Å². The molecule has 1 aliphatic carbocycles. The Morgan fingerprint density at radius 3 is 1.98 bits per heavy atom. The van der Waals surface area contributed by atoms with Crippen LogP contribution < -0.4 is 14.5 Å². The van der Waals surface area contributed by atoms with Gasteiger partial charge in [-0.3, -0.25) is 0 Å². The molecule has 3 aliphatic rings. The van der Waals surface area contributed by atoms with Gasteiger partial charge in [0.1, 0.15) is 17.4 Å². The summed E-state index contributed by atoms with van der Waals surface area (Å²) in [4.78, 5) is 50.7. The number of nitrogens with zero attached hydrogens (tertiary/aromatic N) is 5. The Kier molecular flexibility index (Phi) is 13.3. The van der Waals surface area contributed by atoms with Gasteiger partial charge in [-0.25, -0.2) is 9.97 Å². The Morgan fingerprint density at radius 1 is 0.783 bits per heavy atom. The van der Waals surface area contributed by atoms with Gasteiger partial charge in [-0.2, -0.15) is 19.2 Å². The van der Waals surface area contributed by atoms with Gasteiger partial charge >= 0.3 is 12.3 Å². The maximum atomic E-state index is 8.12. The van der Waals surface area contributed by atoms with E-state index in [0.29, 0.717) is 11.8 Å². The van der Waals surface area contributed by atoms with Crippen molar-refractivity contribution >= 4 is 34.7 Å². The molecule has 2 aliphatic heterocycles. The second kappa shape index (κ2) is 17.6. The van der Waals surface area contributed by atoms with Gasteiger partial charge in [-0.1, -0.05) is 32.0 Å². The molecular formula is C36H47N5O5. The Hall–Kier alpha value is -4.10. The maximum Gasteiger partial charge on any atom is 0.373 e. The molecule has 0 spiro atoms. The van der Waals surface area contributed by atoms with Gasteiger partial charge in [0.25, 0.3) is 0 Å². The summed E-state index contributed by atoms with van der Waals surface area (Å²) >= 11 is 0. The van der Waals surface area contributed by atoms with E-state index in [4.69, 9.17) is 33.9 Å². The average Bonchev–Trinajstić information content (AvgIpc) is 3.94. The Balaban J connectivity index is 0.000000744. The molecule has 46 heavy (non-hydrogen) atoms. The first-order valence-corrected chi connectivity index (χ1v) is 16.7. The molecule has 2 saturated heterocycles. The van der Waals surface area contributed by atoms with Crippen LogP contribution in [0.2, 0.25) is 0 Å². The number of rotatable bonds is 10. The zero-order valence-corrected chi connectivity index (χ0v) is 27.5. The Labute approximate surface area is 272 Å². The summed E-state index contributed by atoms with van der Waals surface area (Å²) in [5.74, 6) is 4.29. The highest BCUT2D eigenvalue weighted by Gasteiger charge is 2.31. The number of hydrogen-bond acceptors (Lipinski definition) is 10. The monoisotopic (exact) mass is 629 g/mol. The van der Waals surface area contributed by atoms with Crippen LogP contribution in [0, 0.1) is 0 Å². The number of para-hydroxylation sites is 1. The molecule has 0 bridgehead atoms. The minimum atomic E-state index is 0.250. The molecule has 10 heteroatoms. The quantitative estimate of drug-likeness (QED) is 0.272. The highest BCUT2D eigenvalue weighted by atomic mass is 16.5. The van der Waals surface area contributed by atoms with Crippen LogP contribution in [0.5, 0.6) is 5.75 Å². The number of fused-ring (bicyclic) bond motifs is 1. The van der Waals surface area contributed by atoms with Crippen LogP contribution >= 0.6 is 0 Å². The molecule has 0 amide bonds. The molecule has 0 atom stereocenters. The highest BCUT2D eigenvalue weighted by molar-refractivity contribution is 5.92. The van der Waals surface area contributed by atoms with Crippen molar-refractivity contribution in [3.63, 3.8) is 0 Å². The van der Waals surface area contributed by atoms with Crippen LogP contribution in [0.3, 0.4) is 0 Å². The SMILES string of the molecule is CCCN(CCC)C1CCN(c2ccc3nc(C4CC4)nc(N4CCC(c5ccccc5OC)CC4)c3c2)CC1.O=C=O.O=C=O. The van der Waals surface area contributed by atoms with Crippen molar-refractivity contribution in [1.29, 1.82) is 0 Å². The van der Waals surface area contributed by atoms with Crippen molar-refractivity contribution < 1.29 is 23.9 Å². The number of hydrogen-bond donors (Lipinski definition) is 0. The smallest absolute Gasteiger partial charge is 0.373 e. The molecular weight excluding hydrogens is 582 g/mol. The molecule has 3 heterocycles. The highest BCUT2D eigenvalue weighted by Crippen LogP contribution is 2.42. The first-order valence-electron chi connectivity index (χ1n) is 16.7. The molecule has 6 rings (SSSR count). The van der Waals surface area contributed by atoms with Gasteiger partial charge in [0.2, 0.25) is 0 Å². The summed E-state index contributed by atoms with van der Waals surface area (Å²) in [7, 11) is 1.78. The largest absolute Gasteiger partial charge is 0.496 e. The summed E-state index contributed by atoms with van der Waals surface area (Å²) in [5.41, 5.74) is 3.78. The number of ether oxygens (including phenoxy) is 1. The fourth-order valence-electron chi connectivity index (χ4n) is 7.03. The van der Waals surface area contributed by atoms with Crippen LogP contribution in [-0.2, 0) is 19.2 Å². The number of aromatic nitrogens is 2. The predicted octanol–water partition coefficient (Wildman–Crippen LogP) is 5.82. The van der Waals surface area contributed by atoms with E-state index in [2.05, 4.69) is 71.0 Å². The van der Waals surface area contributed by atoms with Crippen LogP contribution in [0.4, 0.5) is 11.5 Å². The normalized spacial score (nSPS) is 17.0. The molecule has 10 nitrogen and oxygen atoms in total. The number of methoxy groups -OCH3 is 1. The van der Waals surface area contributed by atoms with E-state index in [1.165, 1.54) is 68.3 Å².